The second-order valence-electron chi connectivity index (χ2n) is 6.71. The third-order valence-electron chi connectivity index (χ3n) is 4.73. The molecule has 0 saturated carbocycles. The van der Waals surface area contributed by atoms with Gasteiger partial charge in [0.25, 0.3) is 5.91 Å². The van der Waals surface area contributed by atoms with E-state index in [1.807, 2.05) is 19.9 Å². The minimum Gasteiger partial charge on any atom is -0.357 e. The van der Waals surface area contributed by atoms with Gasteiger partial charge in [-0.2, -0.15) is 0 Å². The van der Waals surface area contributed by atoms with Crippen molar-refractivity contribution < 1.29 is 4.79 Å². The molecule has 0 aromatic carbocycles. The quantitative estimate of drug-likeness (QED) is 0.732. The van der Waals surface area contributed by atoms with Gasteiger partial charge >= 0.3 is 0 Å². The van der Waals surface area contributed by atoms with Crippen LogP contribution >= 0.6 is 11.6 Å². The summed E-state index contributed by atoms with van der Waals surface area (Å²) in [6.45, 7) is 4.47. The van der Waals surface area contributed by atoms with Crippen molar-refractivity contribution >= 4 is 29.3 Å². The van der Waals surface area contributed by atoms with E-state index in [1.165, 1.54) is 0 Å². The first-order chi connectivity index (χ1) is 13.5. The van der Waals surface area contributed by atoms with Crippen molar-refractivity contribution in [3.8, 4) is 11.3 Å². The van der Waals surface area contributed by atoms with Gasteiger partial charge in [-0.25, -0.2) is 15.0 Å². The maximum absolute atomic E-state index is 13.0. The number of anilines is 2. The number of amides is 1. The van der Waals surface area contributed by atoms with Gasteiger partial charge in [-0.1, -0.05) is 17.7 Å². The number of hydrogen-bond acceptors (Lipinski definition) is 6. The summed E-state index contributed by atoms with van der Waals surface area (Å²) < 4.78 is 0. The van der Waals surface area contributed by atoms with Gasteiger partial charge < -0.3 is 5.32 Å². The van der Waals surface area contributed by atoms with Gasteiger partial charge in [-0.05, 0) is 31.0 Å². The van der Waals surface area contributed by atoms with Gasteiger partial charge in [0.1, 0.15) is 5.82 Å². The summed E-state index contributed by atoms with van der Waals surface area (Å²) in [5, 5.41) is 3.39. The molecule has 3 aromatic rings. The molecule has 4 heterocycles. The van der Waals surface area contributed by atoms with Gasteiger partial charge in [-0.3, -0.25) is 14.7 Å². The van der Waals surface area contributed by atoms with Crippen molar-refractivity contribution in [1.29, 1.82) is 0 Å². The van der Waals surface area contributed by atoms with E-state index in [2.05, 4.69) is 31.3 Å². The molecule has 0 unspecified atom stereocenters. The van der Waals surface area contributed by atoms with Crippen LogP contribution < -0.4 is 10.2 Å². The van der Waals surface area contributed by atoms with E-state index in [1.54, 1.807) is 30.5 Å². The normalized spacial score (nSPS) is 13.4. The Hall–Kier alpha value is -3.06. The maximum Gasteiger partial charge on any atom is 0.262 e. The van der Waals surface area contributed by atoms with Crippen LogP contribution in [0.2, 0.25) is 5.02 Å². The Balaban J connectivity index is 1.73. The predicted molar refractivity (Wildman–Crippen MR) is 109 cm³/mol. The first-order valence-corrected chi connectivity index (χ1v) is 9.30. The molecule has 1 aliphatic heterocycles. The van der Waals surface area contributed by atoms with Crippen molar-refractivity contribution in [2.45, 2.75) is 20.3 Å². The van der Waals surface area contributed by atoms with E-state index >= 15 is 0 Å². The molecule has 0 atom stereocenters. The van der Waals surface area contributed by atoms with E-state index in [0.29, 0.717) is 35.3 Å². The Morgan fingerprint density at radius 1 is 1.07 bits per heavy atom. The third kappa shape index (κ3) is 3.18. The summed E-state index contributed by atoms with van der Waals surface area (Å²) in [6.07, 6.45) is 5.55. The van der Waals surface area contributed by atoms with Crippen molar-refractivity contribution in [3.63, 3.8) is 0 Å². The third-order valence-corrected chi connectivity index (χ3v) is 5.03. The summed E-state index contributed by atoms with van der Waals surface area (Å²) >= 11 is 6.40. The molecule has 0 saturated heterocycles. The molecule has 8 heteroatoms. The number of carbonyl (C=O) groups is 1. The molecule has 0 aliphatic carbocycles. The number of nitrogens with one attached hydrogen (secondary N) is 1. The predicted octanol–water partition coefficient (Wildman–Crippen LogP) is 3.45. The van der Waals surface area contributed by atoms with Crippen molar-refractivity contribution in [2.75, 3.05) is 23.8 Å². The van der Waals surface area contributed by atoms with Crippen molar-refractivity contribution in [1.82, 2.24) is 19.9 Å². The Bertz CT molecular complexity index is 1080. The van der Waals surface area contributed by atoms with E-state index in [9.17, 15) is 4.79 Å². The van der Waals surface area contributed by atoms with Crippen LogP contribution in [0.25, 0.3) is 11.3 Å². The Morgan fingerprint density at radius 3 is 2.64 bits per heavy atom. The molecule has 0 fully saturated rings. The molecule has 7 nitrogen and oxygen atoms in total. The zero-order valence-corrected chi connectivity index (χ0v) is 16.6. The number of aryl methyl sites for hydroxylation is 2. The average molecular weight is 395 g/mol. The van der Waals surface area contributed by atoms with Crippen LogP contribution in [0.1, 0.15) is 27.2 Å². The van der Waals surface area contributed by atoms with Gasteiger partial charge in [0.15, 0.2) is 0 Å². The first kappa shape index (κ1) is 18.3. The number of fused-ring (bicyclic) bond motifs is 1. The number of halogens is 1. The Labute approximate surface area is 167 Å². The monoisotopic (exact) mass is 394 g/mol. The van der Waals surface area contributed by atoms with Crippen LogP contribution in [0, 0.1) is 13.8 Å². The molecule has 0 radical (unpaired) electrons. The molecular weight excluding hydrogens is 376 g/mol. The zero-order valence-electron chi connectivity index (χ0n) is 15.8. The number of carbonyl (C=O) groups excluding carboxylic acids is 1. The average Bonchev–Trinajstić information content (AvgIpc) is 2.69. The molecule has 28 heavy (non-hydrogen) atoms. The fraction of sp³-hybridized carbons (Fsp3) is 0.250. The van der Waals surface area contributed by atoms with Crippen LogP contribution in [-0.4, -0.2) is 39.4 Å². The van der Waals surface area contributed by atoms with Crippen LogP contribution in [0.5, 0.6) is 0 Å². The molecular formula is C20H19ClN6O. The second kappa shape index (κ2) is 7.16. The molecule has 4 rings (SSSR count). The van der Waals surface area contributed by atoms with E-state index in [-0.39, 0.29) is 5.91 Å². The van der Waals surface area contributed by atoms with Gasteiger partial charge in [0.05, 0.1) is 22.0 Å². The summed E-state index contributed by atoms with van der Waals surface area (Å²) in [5.41, 5.74) is 4.87. The SMILES string of the molecule is CNc1ncc2c(n1)CCN(c1cc(-c3ncc(C)cc3C)c(Cl)cn1)C2=O. The summed E-state index contributed by atoms with van der Waals surface area (Å²) in [5.74, 6) is 0.876. The van der Waals surface area contributed by atoms with E-state index in [4.69, 9.17) is 11.6 Å². The fourth-order valence-corrected chi connectivity index (χ4v) is 3.54. The van der Waals surface area contributed by atoms with Gasteiger partial charge in [-0.15, -0.1) is 0 Å². The van der Waals surface area contributed by atoms with Crippen LogP contribution in [0.4, 0.5) is 11.8 Å². The number of nitrogens with zero attached hydrogens (tertiary/aromatic N) is 5. The van der Waals surface area contributed by atoms with E-state index in [0.717, 1.165) is 28.1 Å². The smallest absolute Gasteiger partial charge is 0.262 e. The lowest BCUT2D eigenvalue weighted by molar-refractivity contribution is 0.0978. The molecule has 1 amide bonds. The van der Waals surface area contributed by atoms with E-state index < -0.39 is 0 Å². The lowest BCUT2D eigenvalue weighted by Crippen LogP contribution is -2.39. The highest BCUT2D eigenvalue weighted by molar-refractivity contribution is 6.33. The topological polar surface area (TPSA) is 83.9 Å². The van der Waals surface area contributed by atoms with Crippen molar-refractivity contribution in [3.05, 3.63) is 58.1 Å². The minimum absolute atomic E-state index is 0.168. The highest BCUT2D eigenvalue weighted by atomic mass is 35.5. The highest BCUT2D eigenvalue weighted by Gasteiger charge is 2.28. The highest BCUT2D eigenvalue weighted by Crippen LogP contribution is 2.32. The van der Waals surface area contributed by atoms with Gasteiger partial charge in [0, 0.05) is 44.2 Å². The van der Waals surface area contributed by atoms with Crippen molar-refractivity contribution in [2.24, 2.45) is 0 Å². The standard InChI is InChI=1S/C20H19ClN6O/c1-11-6-12(2)18(24-8-11)13-7-17(23-10-15(13)21)27-5-4-16-14(19(27)28)9-25-20(22-3)26-16/h6-10H,4-5H2,1-3H3,(H,22,25,26). The summed E-state index contributed by atoms with van der Waals surface area (Å²) in [4.78, 5) is 32.1. The number of pyridine rings is 2. The number of rotatable bonds is 3. The minimum atomic E-state index is -0.168. The molecule has 0 bridgehead atoms. The summed E-state index contributed by atoms with van der Waals surface area (Å²) in [7, 11) is 1.75. The first-order valence-electron chi connectivity index (χ1n) is 8.92. The number of aromatic nitrogens is 4. The number of hydrogen-bond donors (Lipinski definition) is 1. The van der Waals surface area contributed by atoms with Crippen LogP contribution in [-0.2, 0) is 6.42 Å². The lowest BCUT2D eigenvalue weighted by Gasteiger charge is -2.27. The Morgan fingerprint density at radius 2 is 1.89 bits per heavy atom. The Kier molecular flexibility index (Phi) is 4.68. The molecule has 3 aromatic heterocycles. The largest absolute Gasteiger partial charge is 0.357 e. The summed E-state index contributed by atoms with van der Waals surface area (Å²) in [6, 6.07) is 3.87. The molecule has 142 valence electrons. The zero-order chi connectivity index (χ0) is 19.8. The molecule has 1 aliphatic rings. The van der Waals surface area contributed by atoms with Crippen LogP contribution in [0.3, 0.4) is 0 Å². The second-order valence-corrected chi connectivity index (χ2v) is 7.12. The fourth-order valence-electron chi connectivity index (χ4n) is 3.34. The lowest BCUT2D eigenvalue weighted by atomic mass is 10.0. The molecule has 0 spiro atoms. The van der Waals surface area contributed by atoms with Gasteiger partial charge in [0.2, 0.25) is 5.95 Å². The molecule has 1 N–H and O–H groups in total. The maximum atomic E-state index is 13.0. The van der Waals surface area contributed by atoms with Crippen LogP contribution in [0.15, 0.2) is 30.7 Å².